The molecule has 0 saturated carbocycles. The van der Waals surface area contributed by atoms with E-state index in [0.29, 0.717) is 0 Å². The highest BCUT2D eigenvalue weighted by atomic mass is 32.1. The molecule has 352 valence electrons. The van der Waals surface area contributed by atoms with Gasteiger partial charge in [-0.1, -0.05) is 205 Å². The van der Waals surface area contributed by atoms with Gasteiger partial charge in [0.15, 0.2) is 0 Å². The molecule has 0 fully saturated rings. The first-order valence-electron chi connectivity index (χ1n) is 26.0. The summed E-state index contributed by atoms with van der Waals surface area (Å²) < 4.78 is 1.40. The molecule has 4 aliphatic rings. The second-order valence-corrected chi connectivity index (χ2v) is 24.1. The lowest BCUT2D eigenvalue weighted by Crippen LogP contribution is -2.60. The van der Waals surface area contributed by atoms with Crippen molar-refractivity contribution in [3.8, 4) is 44.5 Å². The van der Waals surface area contributed by atoms with E-state index in [1.165, 1.54) is 132 Å². The van der Waals surface area contributed by atoms with Crippen LogP contribution in [0.5, 0.6) is 0 Å². The number of aryl methyl sites for hydroxylation is 2. The van der Waals surface area contributed by atoms with E-state index in [1.54, 1.807) is 0 Å². The monoisotopic (exact) mass is 956 g/mol. The summed E-state index contributed by atoms with van der Waals surface area (Å²) in [5.41, 5.74) is 29.1. The zero-order valence-electron chi connectivity index (χ0n) is 42.9. The van der Waals surface area contributed by atoms with Crippen LogP contribution in [0.2, 0.25) is 0 Å². The first-order valence-corrected chi connectivity index (χ1v) is 26.8. The quantitative estimate of drug-likeness (QED) is 0.162. The topological polar surface area (TPSA) is 6.48 Å². The minimum Gasteiger partial charge on any atom is -0.311 e. The highest BCUT2D eigenvalue weighted by molar-refractivity contribution is 7.30. The summed E-state index contributed by atoms with van der Waals surface area (Å²) in [6.07, 6.45) is 0. The molecule has 2 aliphatic carbocycles. The Kier molecular flexibility index (Phi) is 9.46. The normalized spacial score (nSPS) is 14.3. The average molecular weight is 957 g/mol. The lowest BCUT2D eigenvalue weighted by Gasteiger charge is -2.44. The summed E-state index contributed by atoms with van der Waals surface area (Å²) in [4.78, 5) is 6.68. The van der Waals surface area contributed by atoms with Gasteiger partial charge < -0.3 is 9.80 Å². The van der Waals surface area contributed by atoms with Crippen LogP contribution in [-0.4, -0.2) is 6.71 Å². The fourth-order valence-corrected chi connectivity index (χ4v) is 14.7. The van der Waals surface area contributed by atoms with Crippen molar-refractivity contribution >= 4 is 67.9 Å². The number of anilines is 6. The van der Waals surface area contributed by atoms with Crippen LogP contribution >= 0.6 is 11.3 Å². The number of fused-ring (bicyclic) bond motifs is 15. The third-order valence-electron chi connectivity index (χ3n) is 16.5. The Hall–Kier alpha value is -7.66. The molecule has 1 spiro atoms. The maximum absolute atomic E-state index is 2.68. The van der Waals surface area contributed by atoms with E-state index in [4.69, 9.17) is 0 Å². The van der Waals surface area contributed by atoms with Crippen LogP contribution in [0.25, 0.3) is 44.5 Å². The lowest BCUT2D eigenvalue weighted by molar-refractivity contribution is 0.588. The molecule has 2 aliphatic heterocycles. The molecule has 2 nitrogen and oxygen atoms in total. The number of benzene rings is 9. The molecule has 4 heteroatoms. The Bertz CT molecular complexity index is 3860. The van der Waals surface area contributed by atoms with Crippen LogP contribution in [0.4, 0.5) is 34.1 Å². The molecule has 9 aromatic carbocycles. The fraction of sp³-hybridized carbons (Fsp3) is 0.159. The minimum absolute atomic E-state index is 0.0147. The first-order chi connectivity index (χ1) is 35.3. The van der Waals surface area contributed by atoms with Crippen LogP contribution in [0.15, 0.2) is 200 Å². The summed E-state index contributed by atoms with van der Waals surface area (Å²) in [5.74, 6) is 0. The van der Waals surface area contributed by atoms with Crippen LogP contribution in [0.3, 0.4) is 0 Å². The van der Waals surface area contributed by atoms with Crippen molar-refractivity contribution in [2.75, 3.05) is 9.80 Å². The van der Waals surface area contributed by atoms with Gasteiger partial charge in [-0.05, 0) is 150 Å². The smallest absolute Gasteiger partial charge is 0.264 e. The maximum atomic E-state index is 2.68. The van der Waals surface area contributed by atoms with E-state index in [1.807, 2.05) is 0 Å². The first kappa shape index (κ1) is 44.1. The van der Waals surface area contributed by atoms with Crippen LogP contribution in [0.1, 0.15) is 85.4 Å². The molecular weight excluding hydrogens is 900 g/mol. The third kappa shape index (κ3) is 6.29. The van der Waals surface area contributed by atoms with Gasteiger partial charge in [0.1, 0.15) is 0 Å². The zero-order valence-corrected chi connectivity index (χ0v) is 43.7. The average Bonchev–Trinajstić information content (AvgIpc) is 4.03. The Morgan fingerprint density at radius 1 is 0.425 bits per heavy atom. The zero-order chi connectivity index (χ0) is 49.7. The number of hydrogen-bond acceptors (Lipinski definition) is 3. The van der Waals surface area contributed by atoms with E-state index in [-0.39, 0.29) is 17.5 Å². The fourth-order valence-electron chi connectivity index (χ4n) is 13.0. The van der Waals surface area contributed by atoms with Crippen molar-refractivity contribution < 1.29 is 0 Å². The molecule has 0 radical (unpaired) electrons. The largest absolute Gasteiger partial charge is 0.311 e. The molecule has 0 unspecified atom stereocenters. The molecule has 10 aromatic rings. The molecule has 3 heterocycles. The van der Waals surface area contributed by atoms with Gasteiger partial charge in [-0.2, -0.15) is 0 Å². The highest BCUT2D eigenvalue weighted by Crippen LogP contribution is 2.67. The SMILES string of the molecule is Cc1ccc(N2c3cc(-c4ccccc4-c4ccccc4)ccc3B3c4sc5c(c4N(c4ccc(C(C)(C)C)cc4)c4cc(C)cc2c43)-c2ccc(C(C)(C)C)cc2C52c3ccccc3-c3ccccc32)cc1. The molecule has 1 aromatic heterocycles. The Balaban J connectivity index is 1.11. The number of thiophene rings is 1. The van der Waals surface area contributed by atoms with Crippen molar-refractivity contribution in [2.24, 2.45) is 0 Å². The Morgan fingerprint density at radius 3 is 1.62 bits per heavy atom. The van der Waals surface area contributed by atoms with Crippen molar-refractivity contribution in [1.29, 1.82) is 0 Å². The summed E-state index contributed by atoms with van der Waals surface area (Å²) in [6, 6.07) is 76.8. The summed E-state index contributed by atoms with van der Waals surface area (Å²) in [6.45, 7) is 18.5. The predicted octanol–water partition coefficient (Wildman–Crippen LogP) is 16.7. The van der Waals surface area contributed by atoms with Crippen molar-refractivity contribution in [3.63, 3.8) is 0 Å². The van der Waals surface area contributed by atoms with Gasteiger partial charge in [0, 0.05) is 43.7 Å². The molecule has 73 heavy (non-hydrogen) atoms. The Morgan fingerprint density at radius 2 is 0.973 bits per heavy atom. The lowest BCUT2D eigenvalue weighted by atomic mass is 9.36. The minimum atomic E-state index is -0.496. The number of hydrogen-bond donors (Lipinski definition) is 0. The summed E-state index contributed by atoms with van der Waals surface area (Å²) >= 11 is 2.07. The van der Waals surface area contributed by atoms with Crippen molar-refractivity contribution in [3.05, 3.63) is 244 Å². The number of nitrogens with zero attached hydrogens (tertiary/aromatic N) is 2. The summed E-state index contributed by atoms with van der Waals surface area (Å²) in [5, 5.41) is 0. The highest BCUT2D eigenvalue weighted by Gasteiger charge is 2.57. The standard InChI is InChI=1S/C69H57BN2S/c1-42-26-32-48(33-27-42)71-59-40-45(51-21-13-12-20-50(51)44-18-10-9-11-19-44)28-37-58(59)70-63-60(71)38-43(2)39-61(63)72(49-34-29-46(30-35-49)67(3,4)5)64-62-54-36-31-47(68(6,7)8)41-57(54)69(65(62)73-66(64)70)55-24-16-14-22-52(55)53-23-15-17-25-56(53)69/h9-41H,1-8H3. The van der Waals surface area contributed by atoms with E-state index >= 15 is 0 Å². The maximum Gasteiger partial charge on any atom is 0.264 e. The van der Waals surface area contributed by atoms with E-state index in [9.17, 15) is 0 Å². The van der Waals surface area contributed by atoms with E-state index in [0.717, 1.165) is 5.69 Å². The predicted molar refractivity (Wildman–Crippen MR) is 312 cm³/mol. The second-order valence-electron chi connectivity index (χ2n) is 23.0. The van der Waals surface area contributed by atoms with Gasteiger partial charge in [0.2, 0.25) is 0 Å². The molecule has 0 N–H and O–H groups in total. The van der Waals surface area contributed by atoms with Crippen LogP contribution < -0.4 is 25.5 Å². The third-order valence-corrected chi connectivity index (χ3v) is 17.9. The van der Waals surface area contributed by atoms with Gasteiger partial charge >= 0.3 is 0 Å². The van der Waals surface area contributed by atoms with Gasteiger partial charge in [-0.15, -0.1) is 11.3 Å². The van der Waals surface area contributed by atoms with E-state index < -0.39 is 5.41 Å². The van der Waals surface area contributed by atoms with Crippen LogP contribution in [-0.2, 0) is 16.2 Å². The van der Waals surface area contributed by atoms with Gasteiger partial charge in [0.25, 0.3) is 6.71 Å². The van der Waals surface area contributed by atoms with Gasteiger partial charge in [-0.25, -0.2) is 0 Å². The molecule has 0 atom stereocenters. The van der Waals surface area contributed by atoms with Crippen molar-refractivity contribution in [1.82, 2.24) is 0 Å². The number of rotatable bonds is 4. The molecule has 14 rings (SSSR count). The van der Waals surface area contributed by atoms with Gasteiger partial charge in [0.05, 0.1) is 11.1 Å². The van der Waals surface area contributed by atoms with E-state index in [2.05, 4.69) is 277 Å². The summed E-state index contributed by atoms with van der Waals surface area (Å²) in [7, 11) is 0. The molecular formula is C69H57BN2S. The Labute approximate surface area is 435 Å². The second kappa shape index (κ2) is 15.7. The van der Waals surface area contributed by atoms with Crippen LogP contribution in [0, 0.1) is 13.8 Å². The molecule has 0 amide bonds. The van der Waals surface area contributed by atoms with Crippen molar-refractivity contribution in [2.45, 2.75) is 71.6 Å². The van der Waals surface area contributed by atoms with Gasteiger partial charge in [-0.3, -0.25) is 0 Å². The molecule has 0 saturated heterocycles. The molecule has 0 bridgehead atoms.